The summed E-state index contributed by atoms with van der Waals surface area (Å²) in [4.78, 5) is 2.66. The molecule has 2 atom stereocenters. The standard InChI is InChI=1S/C17H18N2O/c20-12-3-4-13-14-6-8-18-7-1-2-11-5-9-19(15(13)10-12)17(14)16(11)18/h3-5,9-11,16,20H,1-2,6-8H2/t11-,16-/m1/s1. The summed E-state index contributed by atoms with van der Waals surface area (Å²) in [5, 5.41) is 11.1. The molecule has 3 heteroatoms. The van der Waals surface area contributed by atoms with Gasteiger partial charge in [-0.25, -0.2) is 0 Å². The highest BCUT2D eigenvalue weighted by Gasteiger charge is 2.40. The van der Waals surface area contributed by atoms with Gasteiger partial charge < -0.3 is 9.67 Å². The van der Waals surface area contributed by atoms with Crippen LogP contribution in [0.5, 0.6) is 5.75 Å². The van der Waals surface area contributed by atoms with E-state index in [1.165, 1.54) is 42.6 Å². The Balaban J connectivity index is 1.86. The van der Waals surface area contributed by atoms with Crippen molar-refractivity contribution in [2.75, 3.05) is 13.1 Å². The Hall–Kier alpha value is -1.74. The van der Waals surface area contributed by atoms with Gasteiger partial charge in [-0.3, -0.25) is 4.90 Å². The third kappa shape index (κ3) is 1.24. The second-order valence-electron chi connectivity index (χ2n) is 6.31. The minimum atomic E-state index is 0.361. The summed E-state index contributed by atoms with van der Waals surface area (Å²) in [6.07, 6.45) is 8.38. The highest BCUT2D eigenvalue weighted by atomic mass is 16.3. The normalized spacial score (nSPS) is 27.8. The van der Waals surface area contributed by atoms with Gasteiger partial charge >= 0.3 is 0 Å². The van der Waals surface area contributed by atoms with Crippen LogP contribution in [0.4, 0.5) is 0 Å². The predicted molar refractivity (Wildman–Crippen MR) is 79.7 cm³/mol. The molecule has 1 fully saturated rings. The molecule has 4 heterocycles. The number of aromatic hydroxyl groups is 1. The van der Waals surface area contributed by atoms with Crippen LogP contribution in [0.1, 0.15) is 30.1 Å². The van der Waals surface area contributed by atoms with E-state index in [2.05, 4.69) is 27.8 Å². The van der Waals surface area contributed by atoms with Gasteiger partial charge in [0.2, 0.25) is 0 Å². The quantitative estimate of drug-likeness (QED) is 0.793. The number of phenols is 1. The Morgan fingerprint density at radius 3 is 3.10 bits per heavy atom. The topological polar surface area (TPSA) is 28.4 Å². The molecule has 0 amide bonds. The van der Waals surface area contributed by atoms with Crippen molar-refractivity contribution in [1.29, 1.82) is 0 Å². The van der Waals surface area contributed by atoms with Crippen LogP contribution in [-0.2, 0) is 6.42 Å². The van der Waals surface area contributed by atoms with Crippen LogP contribution < -0.4 is 0 Å². The third-order valence-electron chi connectivity index (χ3n) is 5.33. The Morgan fingerprint density at radius 1 is 1.20 bits per heavy atom. The number of fused-ring (bicyclic) bond motifs is 3. The van der Waals surface area contributed by atoms with E-state index < -0.39 is 0 Å². The van der Waals surface area contributed by atoms with Crippen molar-refractivity contribution >= 4 is 17.1 Å². The highest BCUT2D eigenvalue weighted by molar-refractivity contribution is 5.89. The fraction of sp³-hybridized carbons (Fsp3) is 0.412. The van der Waals surface area contributed by atoms with Crippen LogP contribution in [0.2, 0.25) is 0 Å². The minimum Gasteiger partial charge on any atom is -0.508 e. The summed E-state index contributed by atoms with van der Waals surface area (Å²) in [6.45, 7) is 2.42. The Bertz CT molecular complexity index is 743. The van der Waals surface area contributed by atoms with E-state index in [1.54, 1.807) is 0 Å². The molecule has 0 radical (unpaired) electrons. The van der Waals surface area contributed by atoms with Crippen molar-refractivity contribution in [2.24, 2.45) is 5.92 Å². The number of phenolic OH excluding ortho intramolecular Hbond substituents is 1. The smallest absolute Gasteiger partial charge is 0.117 e. The zero-order valence-corrected chi connectivity index (χ0v) is 11.4. The lowest BCUT2D eigenvalue weighted by molar-refractivity contribution is 0.0982. The van der Waals surface area contributed by atoms with Gasteiger partial charge in [0.05, 0.1) is 11.6 Å². The summed E-state index contributed by atoms with van der Waals surface area (Å²) >= 11 is 0. The van der Waals surface area contributed by atoms with Crippen LogP contribution in [0, 0.1) is 5.92 Å². The van der Waals surface area contributed by atoms with Crippen LogP contribution in [0.15, 0.2) is 24.3 Å². The molecule has 1 saturated heterocycles. The molecular weight excluding hydrogens is 248 g/mol. The number of hydrogen-bond donors (Lipinski definition) is 1. The summed E-state index contributed by atoms with van der Waals surface area (Å²) in [6, 6.07) is 6.38. The van der Waals surface area contributed by atoms with E-state index >= 15 is 0 Å². The van der Waals surface area contributed by atoms with Crippen molar-refractivity contribution in [3.8, 4) is 5.75 Å². The number of piperidine rings is 1. The van der Waals surface area contributed by atoms with E-state index in [1.807, 2.05) is 12.1 Å². The maximum Gasteiger partial charge on any atom is 0.117 e. The maximum absolute atomic E-state index is 9.81. The molecule has 3 aliphatic heterocycles. The molecule has 1 N–H and O–H groups in total. The maximum atomic E-state index is 9.81. The average molecular weight is 266 g/mol. The van der Waals surface area contributed by atoms with Gasteiger partial charge in [-0.2, -0.15) is 0 Å². The van der Waals surface area contributed by atoms with Gasteiger partial charge in [0.25, 0.3) is 0 Å². The summed E-state index contributed by atoms with van der Waals surface area (Å²) in [5.41, 5.74) is 4.17. The van der Waals surface area contributed by atoms with Gasteiger partial charge in [-0.15, -0.1) is 0 Å². The Morgan fingerprint density at radius 2 is 2.15 bits per heavy atom. The SMILES string of the molecule is Oc1ccc2c3c4n(c2c1)C=C[C@H]1CCCN(CC3)[C@@H]41. The number of nitrogens with zero attached hydrogens (tertiary/aromatic N) is 2. The Kier molecular flexibility index (Phi) is 2.01. The lowest BCUT2D eigenvalue weighted by atomic mass is 9.81. The Labute approximate surface area is 118 Å². The monoisotopic (exact) mass is 266 g/mol. The molecule has 3 aliphatic rings. The van der Waals surface area contributed by atoms with Crippen LogP contribution in [0.25, 0.3) is 17.1 Å². The molecule has 0 aliphatic carbocycles. The molecule has 2 aromatic rings. The first-order chi connectivity index (χ1) is 9.83. The second-order valence-corrected chi connectivity index (χ2v) is 6.31. The fourth-order valence-corrected chi connectivity index (χ4v) is 4.51. The van der Waals surface area contributed by atoms with Crippen molar-refractivity contribution in [1.82, 2.24) is 9.47 Å². The largest absolute Gasteiger partial charge is 0.508 e. The molecule has 102 valence electrons. The molecular formula is C17H18N2O. The number of rotatable bonds is 0. The number of benzene rings is 1. The van der Waals surface area contributed by atoms with E-state index in [4.69, 9.17) is 0 Å². The van der Waals surface area contributed by atoms with Gasteiger partial charge in [0, 0.05) is 29.9 Å². The van der Waals surface area contributed by atoms with Crippen molar-refractivity contribution in [3.05, 3.63) is 35.5 Å². The number of aromatic nitrogens is 1. The molecule has 1 aromatic carbocycles. The lowest BCUT2D eigenvalue weighted by Gasteiger charge is -2.45. The van der Waals surface area contributed by atoms with E-state index in [9.17, 15) is 5.11 Å². The molecule has 0 unspecified atom stereocenters. The lowest BCUT2D eigenvalue weighted by Crippen LogP contribution is -2.44. The van der Waals surface area contributed by atoms with Gasteiger partial charge in [-0.1, -0.05) is 6.08 Å². The molecule has 0 spiro atoms. The van der Waals surface area contributed by atoms with Crippen molar-refractivity contribution in [3.63, 3.8) is 0 Å². The van der Waals surface area contributed by atoms with Crippen LogP contribution >= 0.6 is 0 Å². The van der Waals surface area contributed by atoms with Crippen molar-refractivity contribution in [2.45, 2.75) is 25.3 Å². The highest BCUT2D eigenvalue weighted by Crippen LogP contribution is 2.47. The summed E-state index contributed by atoms with van der Waals surface area (Å²) in [5.74, 6) is 1.04. The average Bonchev–Trinajstić information content (AvgIpc) is 2.80. The zero-order valence-electron chi connectivity index (χ0n) is 11.4. The van der Waals surface area contributed by atoms with Crippen LogP contribution in [0.3, 0.4) is 0 Å². The molecule has 3 nitrogen and oxygen atoms in total. The molecule has 5 rings (SSSR count). The fourth-order valence-electron chi connectivity index (χ4n) is 4.51. The molecule has 1 aromatic heterocycles. The van der Waals surface area contributed by atoms with Gasteiger partial charge in [0.1, 0.15) is 5.75 Å². The van der Waals surface area contributed by atoms with E-state index in [0.29, 0.717) is 17.7 Å². The molecule has 0 bridgehead atoms. The van der Waals surface area contributed by atoms with Crippen LogP contribution in [-0.4, -0.2) is 27.7 Å². The van der Waals surface area contributed by atoms with Crippen molar-refractivity contribution < 1.29 is 5.11 Å². The summed E-state index contributed by atoms with van der Waals surface area (Å²) in [7, 11) is 0. The third-order valence-corrected chi connectivity index (χ3v) is 5.33. The predicted octanol–water partition coefficient (Wildman–Crippen LogP) is 3.14. The van der Waals surface area contributed by atoms with E-state index in [-0.39, 0.29) is 0 Å². The zero-order chi connectivity index (χ0) is 13.3. The first kappa shape index (κ1) is 11.0. The molecule has 20 heavy (non-hydrogen) atoms. The molecule has 0 saturated carbocycles. The van der Waals surface area contributed by atoms with Gasteiger partial charge in [0.15, 0.2) is 0 Å². The second kappa shape index (κ2) is 3.67. The van der Waals surface area contributed by atoms with Gasteiger partial charge in [-0.05, 0) is 49.4 Å². The summed E-state index contributed by atoms with van der Waals surface area (Å²) < 4.78 is 2.32. The minimum absolute atomic E-state index is 0.361. The first-order valence-corrected chi connectivity index (χ1v) is 7.61. The van der Waals surface area contributed by atoms with E-state index in [0.717, 1.165) is 11.9 Å². The first-order valence-electron chi connectivity index (χ1n) is 7.61. The number of hydrogen-bond acceptors (Lipinski definition) is 2.